The van der Waals surface area contributed by atoms with Gasteiger partial charge < -0.3 is 34.1 Å². The Kier molecular flexibility index (Phi) is 12.1. The predicted octanol–water partition coefficient (Wildman–Crippen LogP) is 3.50. The number of hydrogen-bond donors (Lipinski definition) is 1. The molecule has 1 saturated heterocycles. The molecule has 3 rings (SSSR count). The summed E-state index contributed by atoms with van der Waals surface area (Å²) in [5.74, 6) is 1.37. The number of rotatable bonds is 16. The van der Waals surface area contributed by atoms with Gasteiger partial charge in [0, 0.05) is 70.1 Å². The third kappa shape index (κ3) is 8.58. The molecule has 214 valence electrons. The van der Waals surface area contributed by atoms with E-state index >= 15 is 0 Å². The summed E-state index contributed by atoms with van der Waals surface area (Å²) >= 11 is 0. The lowest BCUT2D eigenvalue weighted by molar-refractivity contribution is -0.132. The summed E-state index contributed by atoms with van der Waals surface area (Å²) in [6.45, 7) is 7.22. The number of hydrogen-bond acceptors (Lipinski definition) is 7. The van der Waals surface area contributed by atoms with Crippen LogP contribution in [0.15, 0.2) is 18.2 Å². The van der Waals surface area contributed by atoms with Gasteiger partial charge in [0.15, 0.2) is 11.5 Å². The zero-order valence-corrected chi connectivity index (χ0v) is 23.9. The molecule has 0 spiro atoms. The molecule has 0 bridgehead atoms. The van der Waals surface area contributed by atoms with E-state index in [1.165, 1.54) is 0 Å². The molecule has 38 heavy (non-hydrogen) atoms. The number of nitrogens with zero attached hydrogens (tertiary/aromatic N) is 2. The highest BCUT2D eigenvalue weighted by Crippen LogP contribution is 2.31. The molecular weight excluding hydrogens is 486 g/mol. The molecule has 1 N–H and O–H groups in total. The Morgan fingerprint density at radius 2 is 1.71 bits per heavy atom. The highest BCUT2D eigenvalue weighted by atomic mass is 16.5. The van der Waals surface area contributed by atoms with E-state index in [2.05, 4.69) is 24.1 Å². The molecule has 9 nitrogen and oxygen atoms in total. The van der Waals surface area contributed by atoms with Crippen molar-refractivity contribution in [1.82, 2.24) is 15.1 Å². The second-order valence-electron chi connectivity index (χ2n) is 10.6. The molecular formula is C29H47N3O6. The van der Waals surface area contributed by atoms with Gasteiger partial charge in [-0.25, -0.2) is 0 Å². The van der Waals surface area contributed by atoms with Crippen molar-refractivity contribution in [3.8, 4) is 11.5 Å². The van der Waals surface area contributed by atoms with Gasteiger partial charge in [-0.05, 0) is 64.2 Å². The van der Waals surface area contributed by atoms with Crippen molar-refractivity contribution >= 4 is 11.8 Å². The van der Waals surface area contributed by atoms with Crippen molar-refractivity contribution < 1.29 is 28.5 Å². The largest absolute Gasteiger partial charge is 0.493 e. The minimum absolute atomic E-state index is 0.00158. The maximum atomic E-state index is 13.7. The molecule has 0 aromatic heterocycles. The lowest BCUT2D eigenvalue weighted by Gasteiger charge is -2.40. The Labute approximate surface area is 228 Å². The van der Waals surface area contributed by atoms with Crippen LogP contribution in [0.3, 0.4) is 0 Å². The molecule has 1 heterocycles. The molecule has 1 aromatic rings. The molecule has 1 saturated carbocycles. The van der Waals surface area contributed by atoms with E-state index < -0.39 is 0 Å². The average molecular weight is 534 g/mol. The molecule has 0 unspecified atom stereocenters. The zero-order valence-electron chi connectivity index (χ0n) is 23.9. The summed E-state index contributed by atoms with van der Waals surface area (Å²) in [7, 11) is 4.90. The molecule has 1 aliphatic carbocycles. The average Bonchev–Trinajstić information content (AvgIpc) is 3.76. The van der Waals surface area contributed by atoms with Crippen LogP contribution in [0.1, 0.15) is 69.2 Å². The summed E-state index contributed by atoms with van der Waals surface area (Å²) in [4.78, 5) is 30.3. The van der Waals surface area contributed by atoms with E-state index in [-0.39, 0.29) is 23.9 Å². The number of carbonyl (C=O) groups is 2. The molecule has 2 aliphatic rings. The molecule has 9 heteroatoms. The zero-order chi connectivity index (χ0) is 27.5. The molecule has 2 fully saturated rings. The van der Waals surface area contributed by atoms with Crippen molar-refractivity contribution in [2.45, 2.75) is 83.0 Å². The summed E-state index contributed by atoms with van der Waals surface area (Å²) in [6, 6.07) is 6.31. The van der Waals surface area contributed by atoms with Crippen molar-refractivity contribution in [2.24, 2.45) is 0 Å². The van der Waals surface area contributed by atoms with Crippen molar-refractivity contribution in [3.63, 3.8) is 0 Å². The van der Waals surface area contributed by atoms with Crippen LogP contribution >= 0.6 is 0 Å². The van der Waals surface area contributed by atoms with E-state index in [9.17, 15) is 9.59 Å². The van der Waals surface area contributed by atoms with Crippen LogP contribution in [0.25, 0.3) is 0 Å². The Morgan fingerprint density at radius 3 is 2.32 bits per heavy atom. The van der Waals surface area contributed by atoms with Gasteiger partial charge in [-0.3, -0.25) is 9.59 Å². The molecule has 2 atom stereocenters. The second kappa shape index (κ2) is 15.3. The monoisotopic (exact) mass is 533 g/mol. The standard InChI is InChI=1S/C29H47N3O6/c1-21(2)32(29(34)22-7-12-26(37-5)27(19-22)38-17-6-16-35-3)25-9-8-23(30-20-25)13-15-31(24-10-11-24)28(33)14-18-36-4/h7,12,19,21,23-25,30H,6,8-11,13-18,20H2,1-5H3/t23-,25-/m1/s1. The maximum absolute atomic E-state index is 13.7. The molecule has 2 amide bonds. The van der Waals surface area contributed by atoms with Crippen LogP contribution in [0, 0.1) is 0 Å². The van der Waals surface area contributed by atoms with E-state index in [0.29, 0.717) is 55.4 Å². The highest BCUT2D eigenvalue weighted by molar-refractivity contribution is 5.95. The van der Waals surface area contributed by atoms with E-state index in [1.54, 1.807) is 33.5 Å². The fourth-order valence-electron chi connectivity index (χ4n) is 5.19. The van der Waals surface area contributed by atoms with Gasteiger partial charge in [0.25, 0.3) is 5.91 Å². The van der Waals surface area contributed by atoms with Crippen molar-refractivity contribution in [3.05, 3.63) is 23.8 Å². The molecule has 1 aliphatic heterocycles. The number of benzene rings is 1. The summed E-state index contributed by atoms with van der Waals surface area (Å²) in [5.41, 5.74) is 0.595. The SMILES string of the molecule is COCCCOc1cc(C(=O)N(C(C)C)[C@@H]2CC[C@H](CCN(C(=O)CCOC)C3CC3)NC2)ccc1OC. The Morgan fingerprint density at radius 1 is 0.974 bits per heavy atom. The number of methoxy groups -OCH3 is 3. The first-order valence-electron chi connectivity index (χ1n) is 14.0. The second-order valence-corrected chi connectivity index (χ2v) is 10.6. The first-order valence-corrected chi connectivity index (χ1v) is 14.0. The summed E-state index contributed by atoms with van der Waals surface area (Å²) in [6.07, 6.45) is 6.25. The lowest BCUT2D eigenvalue weighted by Crippen LogP contribution is -2.54. The van der Waals surface area contributed by atoms with Crippen LogP contribution in [0.5, 0.6) is 11.5 Å². The molecule has 1 aromatic carbocycles. The van der Waals surface area contributed by atoms with Gasteiger partial charge in [0.1, 0.15) is 0 Å². The minimum Gasteiger partial charge on any atom is -0.493 e. The highest BCUT2D eigenvalue weighted by Gasteiger charge is 2.34. The lowest BCUT2D eigenvalue weighted by atomic mass is 9.95. The fourth-order valence-corrected chi connectivity index (χ4v) is 5.19. The predicted molar refractivity (Wildman–Crippen MR) is 147 cm³/mol. The Bertz CT molecular complexity index is 883. The number of amides is 2. The topological polar surface area (TPSA) is 89.6 Å². The van der Waals surface area contributed by atoms with Crippen molar-refractivity contribution in [2.75, 3.05) is 54.2 Å². The first kappa shape index (κ1) is 30.2. The van der Waals surface area contributed by atoms with Gasteiger partial charge in [-0.1, -0.05) is 0 Å². The smallest absolute Gasteiger partial charge is 0.254 e. The molecule has 0 radical (unpaired) electrons. The third-order valence-corrected chi connectivity index (χ3v) is 7.38. The number of nitrogens with one attached hydrogen (secondary N) is 1. The van der Waals surface area contributed by atoms with Crippen molar-refractivity contribution in [1.29, 1.82) is 0 Å². The maximum Gasteiger partial charge on any atom is 0.254 e. The van der Waals surface area contributed by atoms with Crippen LogP contribution < -0.4 is 14.8 Å². The van der Waals surface area contributed by atoms with E-state index in [4.69, 9.17) is 18.9 Å². The Hall–Kier alpha value is -2.36. The van der Waals surface area contributed by atoms with Gasteiger partial charge in [-0.15, -0.1) is 0 Å². The van der Waals surface area contributed by atoms with Gasteiger partial charge in [-0.2, -0.15) is 0 Å². The summed E-state index contributed by atoms with van der Waals surface area (Å²) < 4.78 is 21.5. The van der Waals surface area contributed by atoms with E-state index in [0.717, 1.165) is 51.6 Å². The van der Waals surface area contributed by atoms with Gasteiger partial charge >= 0.3 is 0 Å². The van der Waals surface area contributed by atoms with Crippen LogP contribution in [-0.4, -0.2) is 100 Å². The number of ether oxygens (including phenoxy) is 4. The van der Waals surface area contributed by atoms with E-state index in [1.807, 2.05) is 11.0 Å². The number of carbonyl (C=O) groups excluding carboxylic acids is 2. The van der Waals surface area contributed by atoms with Gasteiger partial charge in [0.05, 0.1) is 26.7 Å². The third-order valence-electron chi connectivity index (χ3n) is 7.38. The number of piperidine rings is 1. The van der Waals surface area contributed by atoms with Crippen LogP contribution in [-0.2, 0) is 14.3 Å². The van der Waals surface area contributed by atoms with Gasteiger partial charge in [0.2, 0.25) is 5.91 Å². The minimum atomic E-state index is -0.00158. The Balaban J connectivity index is 1.57. The fraction of sp³-hybridized carbons (Fsp3) is 0.724. The summed E-state index contributed by atoms with van der Waals surface area (Å²) in [5, 5.41) is 3.66. The quantitative estimate of drug-likeness (QED) is 0.325. The normalized spacial score (nSPS) is 19.3. The van der Waals surface area contributed by atoms with Crippen LogP contribution in [0.4, 0.5) is 0 Å². The van der Waals surface area contributed by atoms with Crippen LogP contribution in [0.2, 0.25) is 0 Å². The first-order chi connectivity index (χ1) is 18.4.